The Kier molecular flexibility index (Phi) is 19.1. The van der Waals surface area contributed by atoms with Crippen LogP contribution in [0.3, 0.4) is 0 Å². The van der Waals surface area contributed by atoms with Crippen LogP contribution in [0, 0.1) is 124 Å². The molecule has 0 saturated heterocycles. The first-order valence-corrected chi connectivity index (χ1v) is 41.0. The minimum Gasteiger partial charge on any atom is -0.481 e. The molecular weight excluding hydrogens is 1380 g/mol. The van der Waals surface area contributed by atoms with Gasteiger partial charge in [-0.25, -0.2) is 13.8 Å². The summed E-state index contributed by atoms with van der Waals surface area (Å²) in [5, 5.41) is 52.8. The standard InChI is InChI=1S/C89H121F2N7O11/c1-48(2)68-57(99)42-88(44-65-93-95-74(97(65)18)56-25-21-52(90)47-92-56)38-36-84(14)53(70(68)88)22-26-61-82(12)33-31-64(80(9,10)60(82)28-34-86(61,84)16)109-67(102)46-81(11,77(106)107)41-51-40-50(20-24-55(51)91)73-94-96-75(98(73)19)72(103)89-39-37-85(15)54(71(89)69(49(3)4)58(100)43-89)23-27-62-83(13)32-30-63(108-66(101)45-78(5,6)76(104)105)79(7,8)59(83)29-35-87(62,85)17/h20-21,24-25,40,47-49,53-54,59-64,72,103H,22-23,26-39,41-46H2,1-19H3,(H,104,105)(H,106,107)/t53-,54-,59?,60+,61-,62-,63+,64+,72?,81?,82+,83+,84-,85-,86?,87-,88+,89-/m1/s1. The molecule has 4 unspecified atom stereocenters. The van der Waals surface area contributed by atoms with Crippen molar-refractivity contribution in [2.24, 2.45) is 126 Å². The van der Waals surface area contributed by atoms with E-state index in [1.165, 1.54) is 30.8 Å². The summed E-state index contributed by atoms with van der Waals surface area (Å²) in [6, 6.07) is 7.42. The van der Waals surface area contributed by atoms with Gasteiger partial charge in [-0.3, -0.25) is 28.8 Å². The van der Waals surface area contributed by atoms with Gasteiger partial charge in [0.15, 0.2) is 29.0 Å². The number of aliphatic carboxylic acids is 2. The molecule has 0 aliphatic heterocycles. The Balaban J connectivity index is 0.658. The molecule has 0 bridgehead atoms. The van der Waals surface area contributed by atoms with Gasteiger partial charge in [0.1, 0.15) is 41.5 Å². The Morgan fingerprint density at radius 3 is 1.65 bits per heavy atom. The molecule has 592 valence electrons. The van der Waals surface area contributed by atoms with Crippen LogP contribution in [-0.4, -0.2) is 97.5 Å². The van der Waals surface area contributed by atoms with E-state index in [0.29, 0.717) is 66.8 Å². The highest BCUT2D eigenvalue weighted by molar-refractivity contribution is 6.01. The second kappa shape index (κ2) is 26.4. The van der Waals surface area contributed by atoms with Gasteiger partial charge < -0.3 is 33.9 Å². The predicted molar refractivity (Wildman–Crippen MR) is 408 cm³/mol. The Labute approximate surface area is 643 Å². The third kappa shape index (κ3) is 11.7. The molecule has 10 aliphatic carbocycles. The largest absolute Gasteiger partial charge is 0.481 e. The summed E-state index contributed by atoms with van der Waals surface area (Å²) < 4.78 is 46.9. The summed E-state index contributed by atoms with van der Waals surface area (Å²) >= 11 is 0. The number of rotatable bonds is 18. The number of hydrogen-bond donors (Lipinski definition) is 3. The van der Waals surface area contributed by atoms with Crippen molar-refractivity contribution >= 4 is 35.4 Å². The lowest BCUT2D eigenvalue weighted by Crippen LogP contribution is -2.66. The fourth-order valence-electron chi connectivity index (χ4n) is 27.6. The zero-order valence-corrected chi connectivity index (χ0v) is 68.4. The molecule has 8 fully saturated rings. The number of benzene rings is 1. The molecule has 0 radical (unpaired) electrons. The molecule has 109 heavy (non-hydrogen) atoms. The molecule has 14 rings (SSSR count). The number of ether oxygens (including phenoxy) is 2. The number of fused-ring (bicyclic) bond motifs is 14. The molecule has 0 spiro atoms. The van der Waals surface area contributed by atoms with Crippen LogP contribution in [-0.2, 0) is 65.2 Å². The lowest BCUT2D eigenvalue weighted by atomic mass is 9.33. The third-order valence-corrected chi connectivity index (χ3v) is 33.7. The molecule has 3 heterocycles. The van der Waals surface area contributed by atoms with E-state index in [1.54, 1.807) is 43.7 Å². The first kappa shape index (κ1) is 78.8. The number of allylic oxidation sites excluding steroid dienone is 3. The number of hydrogen-bond acceptors (Lipinski definition) is 14. The van der Waals surface area contributed by atoms with Gasteiger partial charge in [-0.15, -0.1) is 20.4 Å². The van der Waals surface area contributed by atoms with Crippen LogP contribution in [0.4, 0.5) is 8.78 Å². The predicted octanol–water partition coefficient (Wildman–Crippen LogP) is 17.5. The highest BCUT2D eigenvalue weighted by Gasteiger charge is 2.73. The number of carboxylic acid groups (broad SMARTS) is 2. The number of pyridine rings is 1. The molecule has 1 aromatic carbocycles. The molecular formula is C89H121F2N7O11. The topological polar surface area (TPSA) is 256 Å². The number of carbonyl (C=O) groups is 6. The Morgan fingerprint density at radius 1 is 0.578 bits per heavy atom. The van der Waals surface area contributed by atoms with E-state index in [-0.39, 0.29) is 122 Å². The quantitative estimate of drug-likeness (QED) is 0.0783. The first-order chi connectivity index (χ1) is 50.8. The maximum Gasteiger partial charge on any atom is 0.310 e. The van der Waals surface area contributed by atoms with Gasteiger partial charge in [0.25, 0.3) is 0 Å². The SMILES string of the molecule is CC(C)C1=C2[C@H]3CC[C@H]4C(C)(CC[C@H]5C(C)(C)[C@@H](OC(=O)CC(C)(Cc6cc(-c7nnc(C(O)[C@@]89CC[C@]%10(C)[C@H](CC[C@@H]%11[C@@]%12(C)CC[C@H](OC(=O)CC(C)(C)C(=O)O)C(C)(C)C%12CC[C@]%11%10C)C8=C(C(C)C)C(=O)C9)n7C)ccc6F)C(=O)O)CC[C@@]54C)[C@]3(C)CC[C@@]2(Cc2nnc(-c3ccc(F)cn3)n2C)CC1=O. The van der Waals surface area contributed by atoms with E-state index in [1.807, 2.05) is 11.6 Å². The minimum atomic E-state index is -1.78. The molecule has 3 N–H and O–H groups in total. The number of carbonyl (C=O) groups excluding carboxylic acids is 4. The number of ketones is 2. The van der Waals surface area contributed by atoms with E-state index in [9.17, 15) is 48.5 Å². The number of esters is 2. The van der Waals surface area contributed by atoms with Crippen molar-refractivity contribution < 1.29 is 62.3 Å². The third-order valence-electron chi connectivity index (χ3n) is 33.7. The summed E-state index contributed by atoms with van der Waals surface area (Å²) in [5.74, 6) is -0.977. The second-order valence-electron chi connectivity index (χ2n) is 40.8. The Bertz CT molecular complexity index is 4470. The number of nitrogens with zero attached hydrogens (tertiary/aromatic N) is 7. The van der Waals surface area contributed by atoms with Crippen molar-refractivity contribution in [3.8, 4) is 22.9 Å². The van der Waals surface area contributed by atoms with Crippen LogP contribution < -0.4 is 0 Å². The van der Waals surface area contributed by atoms with Crippen LogP contribution in [0.15, 0.2) is 58.8 Å². The Hall–Kier alpha value is -6.83. The molecule has 18 atom stereocenters. The van der Waals surface area contributed by atoms with Gasteiger partial charge >= 0.3 is 23.9 Å². The molecule has 10 aliphatic rings. The van der Waals surface area contributed by atoms with Crippen LogP contribution >= 0.6 is 0 Å². The number of aromatic nitrogens is 7. The van der Waals surface area contributed by atoms with E-state index in [4.69, 9.17) is 19.7 Å². The first-order valence-electron chi connectivity index (χ1n) is 41.0. The van der Waals surface area contributed by atoms with Crippen molar-refractivity contribution in [1.29, 1.82) is 0 Å². The summed E-state index contributed by atoms with van der Waals surface area (Å²) in [4.78, 5) is 87.3. The van der Waals surface area contributed by atoms with Crippen molar-refractivity contribution in [3.05, 3.63) is 87.7 Å². The molecule has 4 aromatic rings. The lowest BCUT2D eigenvalue weighted by molar-refractivity contribution is -0.235. The van der Waals surface area contributed by atoms with Crippen molar-refractivity contribution in [3.63, 3.8) is 0 Å². The molecule has 8 saturated carbocycles. The van der Waals surface area contributed by atoms with E-state index in [0.717, 1.165) is 106 Å². The van der Waals surface area contributed by atoms with E-state index in [2.05, 4.69) is 112 Å². The average molecular weight is 1500 g/mol. The second-order valence-corrected chi connectivity index (χ2v) is 40.8. The summed E-state index contributed by atoms with van der Waals surface area (Å²) in [6.07, 6.45) is 12.9. The number of Topliss-reactive ketones (excluding diaryl/α,β-unsaturated/α-hetero) is 2. The van der Waals surface area contributed by atoms with Gasteiger partial charge in [-0.1, -0.05) is 103 Å². The van der Waals surface area contributed by atoms with E-state index >= 15 is 4.39 Å². The summed E-state index contributed by atoms with van der Waals surface area (Å²) in [7, 11) is 3.70. The normalized spacial score (nSPS) is 36.7. The number of carboxylic acids is 2. The van der Waals surface area contributed by atoms with Crippen LogP contribution in [0.1, 0.15) is 269 Å². The van der Waals surface area contributed by atoms with Gasteiger partial charge in [-0.05, 0) is 262 Å². The van der Waals surface area contributed by atoms with Crippen LogP contribution in [0.2, 0.25) is 0 Å². The van der Waals surface area contributed by atoms with Crippen molar-refractivity contribution in [2.45, 2.75) is 277 Å². The average Bonchev–Trinajstić information content (AvgIpc) is 1.66. The van der Waals surface area contributed by atoms with Gasteiger partial charge in [-0.2, -0.15) is 0 Å². The van der Waals surface area contributed by atoms with Gasteiger partial charge in [0, 0.05) is 60.6 Å². The number of aliphatic hydroxyl groups excluding tert-OH is 1. The highest BCUT2D eigenvalue weighted by Crippen LogP contribution is 2.80. The smallest absolute Gasteiger partial charge is 0.310 e. The van der Waals surface area contributed by atoms with Crippen molar-refractivity contribution in [1.82, 2.24) is 34.5 Å². The maximum atomic E-state index is 16.5. The molecule has 18 nitrogen and oxygen atoms in total. The lowest BCUT2D eigenvalue weighted by Gasteiger charge is -2.72. The summed E-state index contributed by atoms with van der Waals surface area (Å²) in [5.41, 5.74) is -0.703. The maximum absolute atomic E-state index is 16.5. The van der Waals surface area contributed by atoms with Crippen LogP contribution in [0.25, 0.3) is 22.9 Å². The zero-order chi connectivity index (χ0) is 79.2. The van der Waals surface area contributed by atoms with Gasteiger partial charge in [0.2, 0.25) is 0 Å². The molecule has 0 amide bonds. The molecule has 3 aromatic heterocycles. The van der Waals surface area contributed by atoms with Gasteiger partial charge in [0.05, 0.1) is 29.9 Å². The van der Waals surface area contributed by atoms with E-state index < -0.39 is 81.2 Å². The minimum absolute atomic E-state index is 0.000400. The van der Waals surface area contributed by atoms with Crippen molar-refractivity contribution in [2.75, 3.05) is 0 Å². The van der Waals surface area contributed by atoms with Crippen LogP contribution in [0.5, 0.6) is 0 Å². The number of aliphatic hydroxyl groups is 1. The summed E-state index contributed by atoms with van der Waals surface area (Å²) in [6.45, 7) is 36.9. The molecule has 20 heteroatoms. The fourth-order valence-corrected chi connectivity index (χ4v) is 27.6. The monoisotopic (exact) mass is 1500 g/mol. The number of halogens is 2. The zero-order valence-electron chi connectivity index (χ0n) is 68.4. The fraction of sp³-hybridized carbons (Fsp3) is 0.719. The Morgan fingerprint density at radius 2 is 1.11 bits per heavy atom. The highest BCUT2D eigenvalue weighted by atomic mass is 19.1.